The van der Waals surface area contributed by atoms with Crippen LogP contribution in [0.4, 0.5) is 0 Å². The lowest BCUT2D eigenvalue weighted by molar-refractivity contribution is 0.996. The molecule has 1 aromatic heterocycles. The quantitative estimate of drug-likeness (QED) is 0.754. The summed E-state index contributed by atoms with van der Waals surface area (Å²) in [6, 6.07) is 0. The van der Waals surface area contributed by atoms with E-state index in [1.54, 1.807) is 23.1 Å². The molecule has 0 bridgehead atoms. The molecule has 4 heteroatoms. The Morgan fingerprint density at radius 3 is 3.10 bits per heavy atom. The number of nitrogens with two attached hydrogens (primary N) is 1. The van der Waals surface area contributed by atoms with Gasteiger partial charge >= 0.3 is 0 Å². The molecule has 0 aliphatic rings. The Kier molecular flexibility index (Phi) is 3.18. The molecule has 0 saturated heterocycles. The molecule has 0 aromatic carbocycles. The van der Waals surface area contributed by atoms with E-state index < -0.39 is 0 Å². The fourth-order valence-corrected chi connectivity index (χ4v) is 2.16. The molecule has 0 spiro atoms. The van der Waals surface area contributed by atoms with Crippen LogP contribution in [0, 0.1) is 0 Å². The largest absolute Gasteiger partial charge is 0.325 e. The number of hydrogen-bond donors (Lipinski definition) is 1. The highest BCUT2D eigenvalue weighted by atomic mass is 32.2. The molecule has 1 heterocycles. The van der Waals surface area contributed by atoms with Gasteiger partial charge in [-0.3, -0.25) is 0 Å². The number of thioether (sulfide) groups is 1. The van der Waals surface area contributed by atoms with Gasteiger partial charge in [0.15, 0.2) is 0 Å². The minimum absolute atomic E-state index is 0.560. The maximum absolute atomic E-state index is 5.40. The van der Waals surface area contributed by atoms with Gasteiger partial charge in [0.1, 0.15) is 5.01 Å². The summed E-state index contributed by atoms with van der Waals surface area (Å²) in [4.78, 5) is 4.29. The predicted molar refractivity (Wildman–Crippen MR) is 47.2 cm³/mol. The van der Waals surface area contributed by atoms with Crippen molar-refractivity contribution >= 4 is 23.1 Å². The molecule has 1 aromatic rings. The van der Waals surface area contributed by atoms with Gasteiger partial charge in [-0.1, -0.05) is 0 Å². The van der Waals surface area contributed by atoms with Crippen molar-refractivity contribution in [2.75, 3.05) is 6.26 Å². The van der Waals surface area contributed by atoms with Gasteiger partial charge in [0.2, 0.25) is 0 Å². The van der Waals surface area contributed by atoms with E-state index in [4.69, 9.17) is 5.73 Å². The normalized spacial score (nSPS) is 10.2. The predicted octanol–water partition coefficient (Wildman–Crippen LogP) is 1.46. The van der Waals surface area contributed by atoms with Crippen LogP contribution in [0.2, 0.25) is 0 Å². The van der Waals surface area contributed by atoms with Crippen molar-refractivity contribution in [2.24, 2.45) is 5.73 Å². The van der Waals surface area contributed by atoms with E-state index >= 15 is 0 Å². The van der Waals surface area contributed by atoms with Crippen molar-refractivity contribution in [3.8, 4) is 0 Å². The number of thiazole rings is 1. The molecule has 0 atom stereocenters. The summed E-state index contributed by atoms with van der Waals surface area (Å²) in [5.74, 6) is 1.00. The summed E-state index contributed by atoms with van der Waals surface area (Å²) in [5.41, 5.74) is 6.41. The molecule has 0 amide bonds. The van der Waals surface area contributed by atoms with E-state index in [0.29, 0.717) is 6.54 Å². The zero-order valence-electron chi connectivity index (χ0n) is 5.83. The van der Waals surface area contributed by atoms with E-state index in [2.05, 4.69) is 11.2 Å². The molecule has 0 aliphatic heterocycles. The van der Waals surface area contributed by atoms with E-state index in [9.17, 15) is 0 Å². The van der Waals surface area contributed by atoms with Crippen LogP contribution in [0.25, 0.3) is 0 Å². The SMILES string of the molecule is CSCc1nc(CN)cs1. The minimum Gasteiger partial charge on any atom is -0.325 e. The maximum Gasteiger partial charge on any atom is 0.103 e. The third-order valence-corrected chi connectivity index (χ3v) is 2.72. The number of hydrogen-bond acceptors (Lipinski definition) is 4. The maximum atomic E-state index is 5.40. The Balaban J connectivity index is 2.59. The Morgan fingerprint density at radius 2 is 2.60 bits per heavy atom. The topological polar surface area (TPSA) is 38.9 Å². The van der Waals surface area contributed by atoms with Crippen LogP contribution in [-0.4, -0.2) is 11.2 Å². The minimum atomic E-state index is 0.560. The van der Waals surface area contributed by atoms with Gasteiger partial charge in [-0.25, -0.2) is 4.98 Å². The molecule has 2 N–H and O–H groups in total. The second kappa shape index (κ2) is 3.95. The Bertz CT molecular complexity index is 197. The third kappa shape index (κ3) is 1.97. The first kappa shape index (κ1) is 8.04. The van der Waals surface area contributed by atoms with Gasteiger partial charge in [0.25, 0.3) is 0 Å². The number of rotatable bonds is 3. The Labute approximate surface area is 68.8 Å². The average molecular weight is 174 g/mol. The number of aromatic nitrogens is 1. The first-order chi connectivity index (χ1) is 4.86. The lowest BCUT2D eigenvalue weighted by atomic mass is 10.5. The van der Waals surface area contributed by atoms with Crippen molar-refractivity contribution in [3.63, 3.8) is 0 Å². The fraction of sp³-hybridized carbons (Fsp3) is 0.500. The molecule has 56 valence electrons. The van der Waals surface area contributed by atoms with Gasteiger partial charge < -0.3 is 5.73 Å². The Morgan fingerprint density at radius 1 is 1.80 bits per heavy atom. The highest BCUT2D eigenvalue weighted by Crippen LogP contribution is 2.14. The monoisotopic (exact) mass is 174 g/mol. The second-order valence-electron chi connectivity index (χ2n) is 1.87. The lowest BCUT2D eigenvalue weighted by Gasteiger charge is -1.87. The molecular weight excluding hydrogens is 164 g/mol. The van der Waals surface area contributed by atoms with Gasteiger partial charge in [0, 0.05) is 17.7 Å². The van der Waals surface area contributed by atoms with Crippen LogP contribution in [-0.2, 0) is 12.3 Å². The highest BCUT2D eigenvalue weighted by molar-refractivity contribution is 7.97. The lowest BCUT2D eigenvalue weighted by Crippen LogP contribution is -1.95. The molecule has 0 aliphatic carbocycles. The molecule has 0 saturated carbocycles. The van der Waals surface area contributed by atoms with Crippen molar-refractivity contribution in [2.45, 2.75) is 12.3 Å². The van der Waals surface area contributed by atoms with Crippen LogP contribution in [0.3, 0.4) is 0 Å². The second-order valence-corrected chi connectivity index (χ2v) is 3.68. The zero-order valence-corrected chi connectivity index (χ0v) is 7.47. The smallest absolute Gasteiger partial charge is 0.103 e. The molecule has 0 fully saturated rings. The van der Waals surface area contributed by atoms with Gasteiger partial charge in [-0.15, -0.1) is 11.3 Å². The van der Waals surface area contributed by atoms with Crippen molar-refractivity contribution < 1.29 is 0 Å². The van der Waals surface area contributed by atoms with E-state index in [1.807, 2.05) is 5.38 Å². The zero-order chi connectivity index (χ0) is 7.40. The van der Waals surface area contributed by atoms with E-state index in [0.717, 1.165) is 11.4 Å². The summed E-state index contributed by atoms with van der Waals surface area (Å²) in [7, 11) is 0. The highest BCUT2D eigenvalue weighted by Gasteiger charge is 1.97. The standard InChI is InChI=1S/C6H10N2S2/c1-9-4-6-8-5(2-7)3-10-6/h3H,2,4,7H2,1H3. The molecule has 10 heavy (non-hydrogen) atoms. The molecule has 0 unspecified atom stereocenters. The van der Waals surface area contributed by atoms with E-state index in [1.165, 1.54) is 5.01 Å². The summed E-state index contributed by atoms with van der Waals surface area (Å²) < 4.78 is 0. The summed E-state index contributed by atoms with van der Waals surface area (Å²) in [6.45, 7) is 0.560. The van der Waals surface area contributed by atoms with Gasteiger partial charge in [0.05, 0.1) is 5.69 Å². The van der Waals surface area contributed by atoms with E-state index in [-0.39, 0.29) is 0 Å². The molecular formula is C6H10N2S2. The van der Waals surface area contributed by atoms with Crippen molar-refractivity contribution in [1.82, 2.24) is 4.98 Å². The third-order valence-electron chi connectivity index (χ3n) is 1.08. The number of nitrogens with zero attached hydrogens (tertiary/aromatic N) is 1. The first-order valence-electron chi connectivity index (χ1n) is 2.99. The van der Waals surface area contributed by atoms with Gasteiger partial charge in [-0.05, 0) is 6.26 Å². The van der Waals surface area contributed by atoms with Crippen molar-refractivity contribution in [1.29, 1.82) is 0 Å². The summed E-state index contributed by atoms with van der Waals surface area (Å²) >= 11 is 3.47. The van der Waals surface area contributed by atoms with Crippen LogP contribution in [0.1, 0.15) is 10.7 Å². The van der Waals surface area contributed by atoms with Crippen molar-refractivity contribution in [3.05, 3.63) is 16.1 Å². The first-order valence-corrected chi connectivity index (χ1v) is 5.26. The van der Waals surface area contributed by atoms with Gasteiger partial charge in [-0.2, -0.15) is 11.8 Å². The van der Waals surface area contributed by atoms with Crippen LogP contribution < -0.4 is 5.73 Å². The average Bonchev–Trinajstić information content (AvgIpc) is 2.37. The fourth-order valence-electron chi connectivity index (χ4n) is 0.632. The van der Waals surface area contributed by atoms with Crippen LogP contribution in [0.5, 0.6) is 0 Å². The molecule has 0 radical (unpaired) electrons. The van der Waals surface area contributed by atoms with Crippen LogP contribution in [0.15, 0.2) is 5.38 Å². The summed E-state index contributed by atoms with van der Waals surface area (Å²) in [6.07, 6.45) is 2.07. The Hall–Kier alpha value is -0.0600. The van der Waals surface area contributed by atoms with Crippen LogP contribution >= 0.6 is 23.1 Å². The summed E-state index contributed by atoms with van der Waals surface area (Å²) in [5, 5.41) is 3.19. The molecule has 1 rings (SSSR count). The molecule has 2 nitrogen and oxygen atoms in total.